The van der Waals surface area contributed by atoms with Crippen LogP contribution in [0.5, 0.6) is 0 Å². The summed E-state index contributed by atoms with van der Waals surface area (Å²) in [6.07, 6.45) is 0. The topological polar surface area (TPSA) is 72.2 Å². The summed E-state index contributed by atoms with van der Waals surface area (Å²) in [6.45, 7) is 0.679. The van der Waals surface area contributed by atoms with Crippen molar-refractivity contribution in [2.24, 2.45) is 5.73 Å². The Bertz CT molecular complexity index is 733. The number of nitrogens with two attached hydrogens (primary N) is 1. The van der Waals surface area contributed by atoms with E-state index in [9.17, 15) is 8.42 Å². The van der Waals surface area contributed by atoms with Crippen LogP contribution in [0.3, 0.4) is 0 Å². The zero-order valence-electron chi connectivity index (χ0n) is 11.0. The fourth-order valence-corrected chi connectivity index (χ4v) is 3.39. The molecule has 2 aromatic carbocycles. The molecule has 3 N–H and O–H groups in total. The van der Waals surface area contributed by atoms with E-state index in [1.54, 1.807) is 0 Å². The first kappa shape index (κ1) is 16.5. The maximum Gasteiger partial charge on any atom is 0.240 e. The first-order valence-corrected chi connectivity index (χ1v) is 8.80. The summed E-state index contributed by atoms with van der Waals surface area (Å²) in [7, 11) is -3.58. The highest BCUT2D eigenvalue weighted by molar-refractivity contribution is 9.10. The molecule has 4 nitrogen and oxygen atoms in total. The Balaban J connectivity index is 2.11. The van der Waals surface area contributed by atoms with E-state index in [2.05, 4.69) is 20.7 Å². The molecule has 0 aliphatic carbocycles. The number of halogens is 2. The normalized spacial score (nSPS) is 11.6. The molecule has 0 spiro atoms. The lowest BCUT2D eigenvalue weighted by Gasteiger charge is -2.08. The van der Waals surface area contributed by atoms with Crippen molar-refractivity contribution >= 4 is 37.6 Å². The molecule has 0 saturated heterocycles. The molecule has 112 valence electrons. The predicted octanol–water partition coefficient (Wildman–Crippen LogP) is 3.04. The molecule has 2 rings (SSSR count). The largest absolute Gasteiger partial charge is 0.326 e. The lowest BCUT2D eigenvalue weighted by atomic mass is 10.1. The molecule has 2 aromatic rings. The van der Waals surface area contributed by atoms with Gasteiger partial charge in [0.05, 0.1) is 9.92 Å². The minimum Gasteiger partial charge on any atom is -0.326 e. The van der Waals surface area contributed by atoms with Gasteiger partial charge in [0, 0.05) is 17.6 Å². The minimum atomic E-state index is -3.58. The van der Waals surface area contributed by atoms with Crippen molar-refractivity contribution in [3.05, 3.63) is 63.1 Å². The Kier molecular flexibility index (Phi) is 5.40. The van der Waals surface area contributed by atoms with E-state index < -0.39 is 10.0 Å². The van der Waals surface area contributed by atoms with Crippen LogP contribution in [-0.2, 0) is 23.1 Å². The number of hydrogen-bond donors (Lipinski definition) is 2. The Morgan fingerprint density at radius 2 is 1.71 bits per heavy atom. The van der Waals surface area contributed by atoms with Gasteiger partial charge >= 0.3 is 0 Å². The average Bonchev–Trinajstić information content (AvgIpc) is 2.48. The second-order valence-corrected chi connectivity index (χ2v) is 7.45. The molecule has 0 amide bonds. The van der Waals surface area contributed by atoms with Crippen LogP contribution in [0.4, 0.5) is 0 Å². The number of benzene rings is 2. The van der Waals surface area contributed by atoms with E-state index in [1.807, 2.05) is 24.3 Å². The van der Waals surface area contributed by atoms with Crippen molar-refractivity contribution in [1.82, 2.24) is 4.72 Å². The monoisotopic (exact) mass is 388 g/mol. The molecule has 0 saturated carbocycles. The van der Waals surface area contributed by atoms with Crippen LogP contribution in [0.25, 0.3) is 0 Å². The Morgan fingerprint density at radius 1 is 1.10 bits per heavy atom. The third kappa shape index (κ3) is 4.28. The summed E-state index contributed by atoms with van der Waals surface area (Å²) < 4.78 is 27.5. The number of nitrogens with one attached hydrogen (secondary N) is 1. The van der Waals surface area contributed by atoms with Gasteiger partial charge in [-0.3, -0.25) is 0 Å². The molecule has 0 aliphatic heterocycles. The molecular weight excluding hydrogens is 376 g/mol. The molecule has 0 fully saturated rings. The lowest BCUT2D eigenvalue weighted by molar-refractivity contribution is 0.581. The first-order valence-electron chi connectivity index (χ1n) is 6.15. The summed E-state index contributed by atoms with van der Waals surface area (Å²) in [6, 6.07) is 11.9. The SMILES string of the molecule is NCc1ccc(CNS(=O)(=O)c2ccc(Cl)c(Br)c2)cc1. The summed E-state index contributed by atoms with van der Waals surface area (Å²) >= 11 is 9.07. The summed E-state index contributed by atoms with van der Waals surface area (Å²) in [4.78, 5) is 0.164. The molecule has 7 heteroatoms. The van der Waals surface area contributed by atoms with Gasteiger partial charge in [0.1, 0.15) is 0 Å². The van der Waals surface area contributed by atoms with Crippen molar-refractivity contribution < 1.29 is 8.42 Å². The lowest BCUT2D eigenvalue weighted by Crippen LogP contribution is -2.23. The highest BCUT2D eigenvalue weighted by atomic mass is 79.9. The fourth-order valence-electron chi connectivity index (χ4n) is 1.70. The van der Waals surface area contributed by atoms with Crippen LogP contribution in [0.1, 0.15) is 11.1 Å². The second kappa shape index (κ2) is 6.89. The average molecular weight is 390 g/mol. The zero-order chi connectivity index (χ0) is 15.5. The van der Waals surface area contributed by atoms with Crippen LogP contribution in [-0.4, -0.2) is 8.42 Å². The quantitative estimate of drug-likeness (QED) is 0.825. The van der Waals surface area contributed by atoms with Gasteiger partial charge in [0.2, 0.25) is 10.0 Å². The summed E-state index contributed by atoms with van der Waals surface area (Å²) in [5, 5.41) is 0.464. The van der Waals surface area contributed by atoms with Crippen LogP contribution in [0.2, 0.25) is 5.02 Å². The van der Waals surface area contributed by atoms with Crippen LogP contribution >= 0.6 is 27.5 Å². The van der Waals surface area contributed by atoms with Gasteiger partial charge in [-0.05, 0) is 45.3 Å². The smallest absolute Gasteiger partial charge is 0.240 e. The van der Waals surface area contributed by atoms with Gasteiger partial charge in [0.15, 0.2) is 0 Å². The standard InChI is InChI=1S/C14H14BrClN2O2S/c15-13-7-12(5-6-14(13)16)21(19,20)18-9-11-3-1-10(8-17)2-4-11/h1-7,18H,8-9,17H2. The van der Waals surface area contributed by atoms with Crippen molar-refractivity contribution in [1.29, 1.82) is 0 Å². The maximum atomic E-state index is 12.2. The number of rotatable bonds is 5. The number of sulfonamides is 1. The van der Waals surface area contributed by atoms with E-state index >= 15 is 0 Å². The van der Waals surface area contributed by atoms with Gasteiger partial charge in [0.25, 0.3) is 0 Å². The van der Waals surface area contributed by atoms with Crippen molar-refractivity contribution in [3.8, 4) is 0 Å². The van der Waals surface area contributed by atoms with E-state index in [0.717, 1.165) is 11.1 Å². The van der Waals surface area contributed by atoms with Gasteiger partial charge < -0.3 is 5.73 Å². The third-order valence-electron chi connectivity index (χ3n) is 2.93. The Hall–Kier alpha value is -0.920. The third-order valence-corrected chi connectivity index (χ3v) is 5.54. The van der Waals surface area contributed by atoms with Gasteiger partial charge in [-0.2, -0.15) is 0 Å². The maximum absolute atomic E-state index is 12.2. The second-order valence-electron chi connectivity index (χ2n) is 4.42. The summed E-state index contributed by atoms with van der Waals surface area (Å²) in [5.41, 5.74) is 7.39. The first-order chi connectivity index (χ1) is 9.92. The molecule has 0 aliphatic rings. The van der Waals surface area contributed by atoms with Gasteiger partial charge in [-0.1, -0.05) is 35.9 Å². The molecular formula is C14H14BrClN2O2S. The highest BCUT2D eigenvalue weighted by Gasteiger charge is 2.14. The molecule has 0 heterocycles. The van der Waals surface area contributed by atoms with E-state index in [-0.39, 0.29) is 11.4 Å². The van der Waals surface area contributed by atoms with Gasteiger partial charge in [-0.25, -0.2) is 13.1 Å². The van der Waals surface area contributed by atoms with Crippen molar-refractivity contribution in [2.75, 3.05) is 0 Å². The molecule has 0 unspecified atom stereocenters. The van der Waals surface area contributed by atoms with Crippen LogP contribution in [0, 0.1) is 0 Å². The van der Waals surface area contributed by atoms with Crippen molar-refractivity contribution in [2.45, 2.75) is 18.0 Å². The van der Waals surface area contributed by atoms with E-state index in [1.165, 1.54) is 18.2 Å². The van der Waals surface area contributed by atoms with E-state index in [0.29, 0.717) is 16.0 Å². The Labute approximate surface area is 137 Å². The van der Waals surface area contributed by atoms with Crippen LogP contribution in [0.15, 0.2) is 51.8 Å². The molecule has 0 bridgehead atoms. The van der Waals surface area contributed by atoms with Crippen LogP contribution < -0.4 is 10.5 Å². The molecule has 21 heavy (non-hydrogen) atoms. The zero-order valence-corrected chi connectivity index (χ0v) is 14.2. The Morgan fingerprint density at radius 3 is 2.29 bits per heavy atom. The highest BCUT2D eigenvalue weighted by Crippen LogP contribution is 2.25. The predicted molar refractivity (Wildman–Crippen MR) is 87.5 cm³/mol. The van der Waals surface area contributed by atoms with E-state index in [4.69, 9.17) is 17.3 Å². The molecule has 0 radical (unpaired) electrons. The van der Waals surface area contributed by atoms with Crippen molar-refractivity contribution in [3.63, 3.8) is 0 Å². The number of hydrogen-bond acceptors (Lipinski definition) is 3. The molecule has 0 atom stereocenters. The molecule has 0 aromatic heterocycles. The summed E-state index contributed by atoms with van der Waals surface area (Å²) in [5.74, 6) is 0. The fraction of sp³-hybridized carbons (Fsp3) is 0.143. The van der Waals surface area contributed by atoms with Gasteiger partial charge in [-0.15, -0.1) is 0 Å². The minimum absolute atomic E-state index is 0.164.